The Morgan fingerprint density at radius 2 is 1.67 bits per heavy atom. The minimum atomic E-state index is -0.803. The van der Waals surface area contributed by atoms with Crippen LogP contribution in [0.15, 0.2) is 71.5 Å². The van der Waals surface area contributed by atoms with Crippen molar-refractivity contribution in [1.82, 2.24) is 4.57 Å². The highest BCUT2D eigenvalue weighted by Crippen LogP contribution is 2.33. The highest BCUT2D eigenvalue weighted by molar-refractivity contribution is 6.30. The van der Waals surface area contributed by atoms with Crippen LogP contribution in [0.4, 0.5) is 5.69 Å². The highest BCUT2D eigenvalue weighted by atomic mass is 35.5. The van der Waals surface area contributed by atoms with Gasteiger partial charge in [0.1, 0.15) is 18.9 Å². The van der Waals surface area contributed by atoms with Gasteiger partial charge in [-0.05, 0) is 41.3 Å². The number of nitrogens with zero attached hydrogens (tertiary/aromatic N) is 1. The second-order valence-electron chi connectivity index (χ2n) is 8.12. The van der Waals surface area contributed by atoms with E-state index < -0.39 is 18.5 Å². The van der Waals surface area contributed by atoms with Crippen molar-refractivity contribution < 1.29 is 23.8 Å². The fraction of sp³-hybridized carbons (Fsp3) is 0.148. The molecular weight excluding hydrogens is 484 g/mol. The van der Waals surface area contributed by atoms with Crippen LogP contribution in [0.25, 0.3) is 21.9 Å². The molecule has 0 saturated carbocycles. The number of rotatable bonds is 5. The second kappa shape index (κ2) is 9.75. The molecule has 0 aliphatic carbocycles. The number of fused-ring (bicyclic) bond motifs is 2. The van der Waals surface area contributed by atoms with Gasteiger partial charge in [-0.25, -0.2) is 4.79 Å². The van der Waals surface area contributed by atoms with Crippen molar-refractivity contribution in [2.45, 2.75) is 0 Å². The lowest BCUT2D eigenvalue weighted by Gasteiger charge is -2.19. The summed E-state index contributed by atoms with van der Waals surface area (Å²) < 4.78 is 17.6. The van der Waals surface area contributed by atoms with Gasteiger partial charge in [-0.3, -0.25) is 9.59 Å². The molecule has 0 unspecified atom stereocenters. The average Bonchev–Trinajstić information content (AvgIpc) is 2.90. The molecule has 1 aliphatic rings. The molecule has 1 aromatic heterocycles. The van der Waals surface area contributed by atoms with Crippen LogP contribution in [0.5, 0.6) is 11.5 Å². The zero-order valence-corrected chi connectivity index (χ0v) is 20.0. The van der Waals surface area contributed by atoms with E-state index in [2.05, 4.69) is 5.32 Å². The van der Waals surface area contributed by atoms with Crippen molar-refractivity contribution in [3.8, 4) is 22.6 Å². The number of ether oxygens (including phenoxy) is 3. The molecule has 1 N–H and O–H groups in total. The smallest absolute Gasteiger partial charge is 0.356 e. The van der Waals surface area contributed by atoms with Gasteiger partial charge in [0.25, 0.3) is 11.5 Å². The topological polar surface area (TPSA) is 95.9 Å². The van der Waals surface area contributed by atoms with Gasteiger partial charge in [0, 0.05) is 34.8 Å². The Morgan fingerprint density at radius 3 is 2.42 bits per heavy atom. The third-order valence-electron chi connectivity index (χ3n) is 5.79. The lowest BCUT2D eigenvalue weighted by molar-refractivity contribution is -0.119. The van der Waals surface area contributed by atoms with E-state index in [-0.39, 0.29) is 11.3 Å². The summed E-state index contributed by atoms with van der Waals surface area (Å²) in [5, 5.41) is 4.26. The molecule has 0 radical (unpaired) electrons. The molecule has 5 rings (SSSR count). The van der Waals surface area contributed by atoms with E-state index in [0.29, 0.717) is 57.3 Å². The summed E-state index contributed by atoms with van der Waals surface area (Å²) in [5.74, 6) is -0.228. The lowest BCUT2D eigenvalue weighted by Crippen LogP contribution is -2.28. The van der Waals surface area contributed by atoms with E-state index in [9.17, 15) is 14.4 Å². The van der Waals surface area contributed by atoms with Gasteiger partial charge in [0.2, 0.25) is 0 Å². The summed E-state index contributed by atoms with van der Waals surface area (Å²) in [6.07, 6.45) is 0. The number of pyridine rings is 1. The first-order chi connectivity index (χ1) is 17.4. The van der Waals surface area contributed by atoms with E-state index in [1.165, 1.54) is 11.6 Å². The van der Waals surface area contributed by atoms with Crippen molar-refractivity contribution >= 4 is 39.9 Å². The predicted octanol–water partition coefficient (Wildman–Crippen LogP) is 4.43. The van der Waals surface area contributed by atoms with Crippen molar-refractivity contribution in [2.75, 3.05) is 25.1 Å². The maximum Gasteiger partial charge on any atom is 0.356 e. The van der Waals surface area contributed by atoms with Crippen LogP contribution >= 0.6 is 11.6 Å². The molecule has 1 amide bonds. The first-order valence-corrected chi connectivity index (χ1v) is 11.5. The third kappa shape index (κ3) is 4.50. The minimum Gasteiger partial charge on any atom is -0.486 e. The molecule has 4 aromatic rings. The predicted molar refractivity (Wildman–Crippen MR) is 136 cm³/mol. The normalized spacial score (nSPS) is 12.3. The number of amides is 1. The van der Waals surface area contributed by atoms with Gasteiger partial charge < -0.3 is 24.1 Å². The van der Waals surface area contributed by atoms with Crippen LogP contribution in [0.3, 0.4) is 0 Å². The number of halogens is 1. The largest absolute Gasteiger partial charge is 0.486 e. The summed E-state index contributed by atoms with van der Waals surface area (Å²) in [6, 6.07) is 18.9. The standard InChI is InChI=1S/C27H21ClN2O6/c1-30-25(24(16-6-8-17(28)9-7-16)19-4-2-3-5-20(19)26(30)32)27(33)36-15-23(31)29-18-10-11-21-22(14-18)35-13-12-34-21/h2-11,14H,12-13,15H2,1H3,(H,29,31). The van der Waals surface area contributed by atoms with Gasteiger partial charge >= 0.3 is 5.97 Å². The summed E-state index contributed by atoms with van der Waals surface area (Å²) in [6.45, 7) is 0.334. The van der Waals surface area contributed by atoms with Gasteiger partial charge in [-0.15, -0.1) is 0 Å². The van der Waals surface area contributed by atoms with Gasteiger partial charge in [0.05, 0.1) is 0 Å². The van der Waals surface area contributed by atoms with E-state index in [4.69, 9.17) is 25.8 Å². The molecule has 0 fully saturated rings. The van der Waals surface area contributed by atoms with Crippen molar-refractivity contribution in [3.63, 3.8) is 0 Å². The Morgan fingerprint density at radius 1 is 0.972 bits per heavy atom. The van der Waals surface area contributed by atoms with Crippen LogP contribution < -0.4 is 20.3 Å². The summed E-state index contributed by atoms with van der Waals surface area (Å²) in [5.41, 5.74) is 1.35. The molecule has 3 aromatic carbocycles. The van der Waals surface area contributed by atoms with E-state index in [1.54, 1.807) is 66.7 Å². The number of nitrogens with one attached hydrogen (secondary N) is 1. The van der Waals surface area contributed by atoms with Crippen LogP contribution in [-0.2, 0) is 16.6 Å². The number of hydrogen-bond acceptors (Lipinski definition) is 6. The van der Waals surface area contributed by atoms with Crippen molar-refractivity contribution in [3.05, 3.63) is 87.8 Å². The van der Waals surface area contributed by atoms with Crippen LogP contribution in [0.1, 0.15) is 10.5 Å². The molecule has 36 heavy (non-hydrogen) atoms. The zero-order valence-electron chi connectivity index (χ0n) is 19.2. The number of anilines is 1. The zero-order chi connectivity index (χ0) is 25.2. The minimum absolute atomic E-state index is 0.0353. The number of carbonyl (C=O) groups is 2. The van der Waals surface area contributed by atoms with E-state index >= 15 is 0 Å². The number of carbonyl (C=O) groups excluding carboxylic acids is 2. The number of esters is 1. The van der Waals surface area contributed by atoms with E-state index in [0.717, 1.165) is 0 Å². The summed E-state index contributed by atoms with van der Waals surface area (Å²) in [4.78, 5) is 38.8. The van der Waals surface area contributed by atoms with Crippen LogP contribution in [0.2, 0.25) is 5.02 Å². The van der Waals surface area contributed by atoms with Crippen LogP contribution in [0, 0.1) is 0 Å². The Balaban J connectivity index is 1.43. The Labute approximate surface area is 211 Å². The molecule has 0 bridgehead atoms. The maximum absolute atomic E-state index is 13.2. The summed E-state index contributed by atoms with van der Waals surface area (Å²) in [7, 11) is 1.50. The molecule has 9 heteroatoms. The summed E-state index contributed by atoms with van der Waals surface area (Å²) >= 11 is 6.06. The molecule has 182 valence electrons. The number of hydrogen-bond donors (Lipinski definition) is 1. The highest BCUT2D eigenvalue weighted by Gasteiger charge is 2.24. The maximum atomic E-state index is 13.2. The molecule has 0 atom stereocenters. The average molecular weight is 505 g/mol. The molecular formula is C27H21ClN2O6. The first kappa shape index (κ1) is 23.4. The molecule has 8 nitrogen and oxygen atoms in total. The van der Waals surface area contributed by atoms with Gasteiger partial charge in [-0.1, -0.05) is 41.9 Å². The molecule has 0 spiro atoms. The SMILES string of the molecule is Cn1c(C(=O)OCC(=O)Nc2ccc3c(c2)OCCO3)c(-c2ccc(Cl)cc2)c2ccccc2c1=O. The second-order valence-corrected chi connectivity index (χ2v) is 8.56. The number of aromatic nitrogens is 1. The first-order valence-electron chi connectivity index (χ1n) is 11.2. The number of benzene rings is 3. The van der Waals surface area contributed by atoms with Crippen molar-refractivity contribution in [2.24, 2.45) is 7.05 Å². The van der Waals surface area contributed by atoms with Gasteiger partial charge in [0.15, 0.2) is 18.1 Å². The van der Waals surface area contributed by atoms with Gasteiger partial charge in [-0.2, -0.15) is 0 Å². The fourth-order valence-corrected chi connectivity index (χ4v) is 4.26. The third-order valence-corrected chi connectivity index (χ3v) is 6.04. The molecule has 0 saturated heterocycles. The fourth-order valence-electron chi connectivity index (χ4n) is 4.13. The Kier molecular flexibility index (Phi) is 6.35. The molecule has 2 heterocycles. The van der Waals surface area contributed by atoms with E-state index in [1.807, 2.05) is 0 Å². The monoisotopic (exact) mass is 504 g/mol. The quantitative estimate of drug-likeness (QED) is 0.404. The Bertz CT molecular complexity index is 1540. The Hall–Kier alpha value is -4.30. The lowest BCUT2D eigenvalue weighted by atomic mass is 9.97. The molecule has 1 aliphatic heterocycles. The van der Waals surface area contributed by atoms with Crippen LogP contribution in [-0.4, -0.2) is 36.3 Å². The van der Waals surface area contributed by atoms with Crippen molar-refractivity contribution in [1.29, 1.82) is 0 Å².